The molecule has 2 aliphatic rings. The van der Waals surface area contributed by atoms with Crippen molar-refractivity contribution < 1.29 is 9.94 Å². The molecule has 3 atom stereocenters. The van der Waals surface area contributed by atoms with E-state index >= 15 is 0 Å². The van der Waals surface area contributed by atoms with Gasteiger partial charge in [0.2, 0.25) is 0 Å². The van der Waals surface area contributed by atoms with E-state index in [2.05, 4.69) is 29.4 Å². The average molecular weight is 287 g/mol. The Kier molecular flexibility index (Phi) is 4.47. The molecule has 1 N–H and O–H groups in total. The summed E-state index contributed by atoms with van der Waals surface area (Å²) in [5.41, 5.74) is 2.02. The fraction of sp³-hybridized carbons (Fsp3) is 0.611. The normalized spacial score (nSPS) is 28.0. The molecule has 3 unspecified atom stereocenters. The van der Waals surface area contributed by atoms with Gasteiger partial charge in [-0.1, -0.05) is 23.7 Å². The summed E-state index contributed by atoms with van der Waals surface area (Å²) >= 11 is 0. The molecule has 0 saturated heterocycles. The van der Waals surface area contributed by atoms with Crippen LogP contribution in [0.4, 0.5) is 0 Å². The molecule has 2 aliphatic carbocycles. The molecule has 3 rings (SSSR count). The highest BCUT2D eigenvalue weighted by atomic mass is 16.5. The van der Waals surface area contributed by atoms with Gasteiger partial charge in [0.05, 0.1) is 12.3 Å². The second-order valence-electron chi connectivity index (χ2n) is 6.73. The Morgan fingerprint density at radius 1 is 1.24 bits per heavy atom. The van der Waals surface area contributed by atoms with Crippen molar-refractivity contribution in [3.63, 3.8) is 0 Å². The van der Waals surface area contributed by atoms with Gasteiger partial charge in [-0.2, -0.15) is 0 Å². The van der Waals surface area contributed by atoms with E-state index in [4.69, 9.17) is 9.94 Å². The average Bonchev–Trinajstić information content (AvgIpc) is 3.14. The number of fused-ring (bicyclic) bond motifs is 2. The zero-order valence-electron chi connectivity index (χ0n) is 12.8. The lowest BCUT2D eigenvalue weighted by Gasteiger charge is -2.21. The molecule has 1 aromatic rings. The van der Waals surface area contributed by atoms with Gasteiger partial charge in [0.1, 0.15) is 5.75 Å². The maximum Gasteiger partial charge on any atom is 0.119 e. The van der Waals surface area contributed by atoms with E-state index in [1.165, 1.54) is 31.2 Å². The predicted octanol–water partition coefficient (Wildman–Crippen LogP) is 4.28. The van der Waals surface area contributed by atoms with Crippen molar-refractivity contribution in [1.29, 1.82) is 0 Å². The minimum atomic E-state index is 0.770. The molecular formula is C18H25NO2. The van der Waals surface area contributed by atoms with Crippen LogP contribution in [-0.2, 0) is 6.42 Å². The number of benzene rings is 1. The minimum Gasteiger partial charge on any atom is -0.493 e. The summed E-state index contributed by atoms with van der Waals surface area (Å²) in [6.07, 6.45) is 7.39. The van der Waals surface area contributed by atoms with Gasteiger partial charge in [0.25, 0.3) is 0 Å². The standard InChI is InChI=1S/C18H25NO2/c1-13(19-20)2-3-14-5-8-18(9-6-14)21-12-17-11-15-4-7-16(17)10-15/h5-6,8-9,15-17,20H,2-4,7,10-12H2,1H3. The summed E-state index contributed by atoms with van der Waals surface area (Å²) in [6.45, 7) is 2.73. The molecule has 3 nitrogen and oxygen atoms in total. The van der Waals surface area contributed by atoms with Gasteiger partial charge >= 0.3 is 0 Å². The van der Waals surface area contributed by atoms with Crippen molar-refractivity contribution in [2.45, 2.75) is 45.4 Å². The van der Waals surface area contributed by atoms with Crippen LogP contribution in [0, 0.1) is 17.8 Å². The molecule has 21 heavy (non-hydrogen) atoms. The number of hydrogen-bond acceptors (Lipinski definition) is 3. The predicted molar refractivity (Wildman–Crippen MR) is 84.1 cm³/mol. The molecule has 1 aromatic carbocycles. The summed E-state index contributed by atoms with van der Waals surface area (Å²) < 4.78 is 5.98. The van der Waals surface area contributed by atoms with Crippen LogP contribution in [0.1, 0.15) is 44.6 Å². The van der Waals surface area contributed by atoms with Gasteiger partial charge in [-0.3, -0.25) is 0 Å². The van der Waals surface area contributed by atoms with Crippen LogP contribution in [0.25, 0.3) is 0 Å². The maximum absolute atomic E-state index is 8.64. The Bertz CT molecular complexity index is 494. The van der Waals surface area contributed by atoms with Crippen LogP contribution in [0.2, 0.25) is 0 Å². The van der Waals surface area contributed by atoms with Crippen LogP contribution in [0.15, 0.2) is 29.4 Å². The van der Waals surface area contributed by atoms with Crippen LogP contribution in [0.5, 0.6) is 5.75 Å². The highest BCUT2D eigenvalue weighted by Gasteiger charge is 2.39. The second kappa shape index (κ2) is 6.50. The largest absolute Gasteiger partial charge is 0.493 e. The van der Waals surface area contributed by atoms with Crippen molar-refractivity contribution in [3.05, 3.63) is 29.8 Å². The summed E-state index contributed by atoms with van der Waals surface area (Å²) in [4.78, 5) is 0. The van der Waals surface area contributed by atoms with E-state index in [0.717, 1.165) is 48.7 Å². The molecular weight excluding hydrogens is 262 g/mol. The third kappa shape index (κ3) is 3.58. The fourth-order valence-corrected chi connectivity index (χ4v) is 3.91. The number of ether oxygens (including phenoxy) is 1. The zero-order chi connectivity index (χ0) is 14.7. The van der Waals surface area contributed by atoms with Gasteiger partial charge in [-0.05, 0) is 74.5 Å². The molecule has 0 amide bonds. The minimum absolute atomic E-state index is 0.770. The van der Waals surface area contributed by atoms with Crippen LogP contribution in [-0.4, -0.2) is 17.5 Å². The van der Waals surface area contributed by atoms with Crippen LogP contribution in [0.3, 0.4) is 0 Å². The highest BCUT2D eigenvalue weighted by Crippen LogP contribution is 2.48. The smallest absolute Gasteiger partial charge is 0.119 e. The maximum atomic E-state index is 8.64. The van der Waals surface area contributed by atoms with E-state index in [1.54, 1.807) is 0 Å². The Labute approximate surface area is 127 Å². The lowest BCUT2D eigenvalue weighted by atomic mass is 9.89. The first kappa shape index (κ1) is 14.4. The quantitative estimate of drug-likeness (QED) is 0.482. The summed E-state index contributed by atoms with van der Waals surface area (Å²) in [5.74, 6) is 3.68. The molecule has 3 heteroatoms. The second-order valence-corrected chi connectivity index (χ2v) is 6.73. The molecule has 2 fully saturated rings. The van der Waals surface area contributed by atoms with Gasteiger partial charge < -0.3 is 9.94 Å². The Hall–Kier alpha value is -1.51. The third-order valence-corrected chi connectivity index (χ3v) is 5.22. The fourth-order valence-electron chi connectivity index (χ4n) is 3.91. The molecule has 0 heterocycles. The molecule has 0 radical (unpaired) electrons. The molecule has 2 bridgehead atoms. The molecule has 0 spiro atoms. The number of oxime groups is 1. The lowest BCUT2D eigenvalue weighted by Crippen LogP contribution is -2.18. The molecule has 114 valence electrons. The van der Waals surface area contributed by atoms with Crippen LogP contribution < -0.4 is 4.74 Å². The van der Waals surface area contributed by atoms with Crippen molar-refractivity contribution in [3.8, 4) is 5.75 Å². The first-order chi connectivity index (χ1) is 10.2. The van der Waals surface area contributed by atoms with Crippen molar-refractivity contribution >= 4 is 5.71 Å². The van der Waals surface area contributed by atoms with Crippen molar-refractivity contribution in [1.82, 2.24) is 0 Å². The summed E-state index contributed by atoms with van der Waals surface area (Å²) in [5, 5.41) is 11.8. The lowest BCUT2D eigenvalue weighted by molar-refractivity contribution is 0.195. The summed E-state index contributed by atoms with van der Waals surface area (Å²) in [6, 6.07) is 8.35. The van der Waals surface area contributed by atoms with Gasteiger partial charge in [0, 0.05) is 0 Å². The van der Waals surface area contributed by atoms with Crippen molar-refractivity contribution in [2.75, 3.05) is 6.61 Å². The number of nitrogens with zero attached hydrogens (tertiary/aromatic N) is 1. The third-order valence-electron chi connectivity index (χ3n) is 5.22. The number of aryl methyl sites for hydroxylation is 1. The highest BCUT2D eigenvalue weighted by molar-refractivity contribution is 5.81. The van der Waals surface area contributed by atoms with E-state index in [-0.39, 0.29) is 0 Å². The van der Waals surface area contributed by atoms with Crippen molar-refractivity contribution in [2.24, 2.45) is 22.9 Å². The SMILES string of the molecule is CC(CCc1ccc(OCC2CC3CCC2C3)cc1)=NO. The molecule has 2 saturated carbocycles. The first-order valence-electron chi connectivity index (χ1n) is 8.14. The number of rotatable bonds is 6. The zero-order valence-corrected chi connectivity index (χ0v) is 12.8. The topological polar surface area (TPSA) is 41.8 Å². The molecule has 0 aromatic heterocycles. The van der Waals surface area contributed by atoms with Crippen LogP contribution >= 0.6 is 0 Å². The Balaban J connectivity index is 1.46. The van der Waals surface area contributed by atoms with Gasteiger partial charge in [0.15, 0.2) is 0 Å². The summed E-state index contributed by atoms with van der Waals surface area (Å²) in [7, 11) is 0. The van der Waals surface area contributed by atoms with E-state index in [1.807, 2.05) is 6.92 Å². The van der Waals surface area contributed by atoms with E-state index < -0.39 is 0 Å². The van der Waals surface area contributed by atoms with E-state index in [9.17, 15) is 0 Å². The van der Waals surface area contributed by atoms with E-state index in [0.29, 0.717) is 0 Å². The first-order valence-corrected chi connectivity index (χ1v) is 8.14. The molecule has 0 aliphatic heterocycles. The Morgan fingerprint density at radius 3 is 2.67 bits per heavy atom. The number of hydrogen-bond donors (Lipinski definition) is 1. The Morgan fingerprint density at radius 2 is 2.05 bits per heavy atom. The van der Waals surface area contributed by atoms with Gasteiger partial charge in [-0.15, -0.1) is 0 Å². The van der Waals surface area contributed by atoms with Gasteiger partial charge in [-0.25, -0.2) is 0 Å². The monoisotopic (exact) mass is 287 g/mol.